The average molecular weight is 411 g/mol. The van der Waals surface area contributed by atoms with Gasteiger partial charge in [-0.05, 0) is 17.8 Å². The maximum Gasteiger partial charge on any atom is 2.00 e. The predicted octanol–water partition coefficient (Wildman–Crippen LogP) is 2.02. The molecule has 0 aromatic heterocycles. The number of hydrogen-bond donors (Lipinski definition) is 2. The quantitative estimate of drug-likeness (QED) is 0.227. The molecule has 0 unspecified atom stereocenters. The Bertz CT molecular complexity index is 723. The minimum Gasteiger partial charge on any atom is -0.523 e. The van der Waals surface area contributed by atoms with Crippen LogP contribution in [0.2, 0.25) is 0 Å². The van der Waals surface area contributed by atoms with Crippen molar-refractivity contribution in [3.05, 3.63) is 54.6 Å². The fourth-order valence-corrected chi connectivity index (χ4v) is 1.63. The molecule has 0 fully saturated rings. The van der Waals surface area contributed by atoms with Crippen LogP contribution >= 0.6 is 0 Å². The van der Waals surface area contributed by atoms with Gasteiger partial charge in [0.05, 0.1) is 19.4 Å². The molecule has 0 spiro atoms. The summed E-state index contributed by atoms with van der Waals surface area (Å²) in [5, 5.41) is 12.3. The van der Waals surface area contributed by atoms with Crippen LogP contribution < -0.4 is 14.9 Å². The van der Waals surface area contributed by atoms with Crippen molar-refractivity contribution in [2.75, 3.05) is 25.7 Å². The molecule has 0 aliphatic carbocycles. The van der Waals surface area contributed by atoms with Crippen molar-refractivity contribution >= 4 is 23.5 Å². The topological polar surface area (TPSA) is 97.2 Å². The molecule has 0 saturated carbocycles. The van der Waals surface area contributed by atoms with E-state index in [1.807, 2.05) is 24.3 Å². The van der Waals surface area contributed by atoms with Crippen molar-refractivity contribution in [2.24, 2.45) is 5.10 Å². The zero-order valence-electron chi connectivity index (χ0n) is 14.9. The summed E-state index contributed by atoms with van der Waals surface area (Å²) in [6.45, 7) is 1.25. The first-order valence-corrected chi connectivity index (χ1v) is 7.68. The molecular formula is C19H20MnN2O5. The second kappa shape index (κ2) is 14.5. The minimum absolute atomic E-state index is 0. The molecule has 143 valence electrons. The van der Waals surface area contributed by atoms with Crippen LogP contribution in [0, 0.1) is 6.07 Å². The first kappa shape index (κ1) is 24.3. The average Bonchev–Trinajstić information content (AvgIpc) is 2.68. The summed E-state index contributed by atoms with van der Waals surface area (Å²) in [5.74, 6) is 0.767. The number of hydrazone groups is 1. The van der Waals surface area contributed by atoms with E-state index in [1.54, 1.807) is 31.4 Å². The molecule has 0 aliphatic heterocycles. The molecule has 1 radical (unpaired) electrons. The van der Waals surface area contributed by atoms with Gasteiger partial charge in [0, 0.05) is 17.8 Å². The van der Waals surface area contributed by atoms with Crippen molar-refractivity contribution in [1.82, 2.24) is 0 Å². The van der Waals surface area contributed by atoms with Crippen molar-refractivity contribution in [3.8, 4) is 11.5 Å². The Balaban J connectivity index is 0.000000629. The maximum absolute atomic E-state index is 11.0. The van der Waals surface area contributed by atoms with Gasteiger partial charge in [0.15, 0.2) is 0 Å². The van der Waals surface area contributed by atoms with Crippen LogP contribution in [-0.2, 0) is 26.7 Å². The van der Waals surface area contributed by atoms with E-state index >= 15 is 0 Å². The van der Waals surface area contributed by atoms with E-state index in [4.69, 9.17) is 14.6 Å². The summed E-state index contributed by atoms with van der Waals surface area (Å²) in [6, 6.07) is 17.2. The van der Waals surface area contributed by atoms with E-state index in [9.17, 15) is 9.59 Å². The van der Waals surface area contributed by atoms with Gasteiger partial charge in [-0.15, -0.1) is 12.1 Å². The number of benzene rings is 2. The molecule has 0 heterocycles. The van der Waals surface area contributed by atoms with Gasteiger partial charge in [0.1, 0.15) is 12.4 Å². The number of ether oxygens (including phenoxy) is 2. The Labute approximate surface area is 168 Å². The molecule has 8 heteroatoms. The zero-order valence-corrected chi connectivity index (χ0v) is 16.1. The number of methoxy groups -OCH3 is 1. The second-order valence-corrected chi connectivity index (χ2v) is 4.73. The van der Waals surface area contributed by atoms with E-state index in [0.29, 0.717) is 11.4 Å². The number of aliphatic hydroxyl groups is 1. The van der Waals surface area contributed by atoms with Crippen molar-refractivity contribution in [3.63, 3.8) is 0 Å². The van der Waals surface area contributed by atoms with E-state index in [2.05, 4.69) is 16.6 Å². The molecule has 0 saturated heterocycles. The largest absolute Gasteiger partial charge is 2.00 e. The van der Waals surface area contributed by atoms with Crippen molar-refractivity contribution in [2.45, 2.75) is 6.92 Å². The van der Waals surface area contributed by atoms with Gasteiger partial charge in [0.25, 0.3) is 0 Å². The van der Waals surface area contributed by atoms with Gasteiger partial charge in [-0.1, -0.05) is 19.1 Å². The maximum atomic E-state index is 11.0. The number of hydrogen-bond acceptors (Lipinski definition) is 7. The fraction of sp³-hybridized carbons (Fsp3) is 0.211. The van der Waals surface area contributed by atoms with Crippen LogP contribution in [0.5, 0.6) is 11.5 Å². The fourth-order valence-electron chi connectivity index (χ4n) is 1.63. The number of rotatable bonds is 8. The summed E-state index contributed by atoms with van der Waals surface area (Å²) in [6.07, 6.45) is 1.44. The summed E-state index contributed by atoms with van der Waals surface area (Å²) in [4.78, 5) is 21.4. The normalized spacial score (nSPS) is 9.81. The van der Waals surface area contributed by atoms with Crippen LogP contribution in [0.1, 0.15) is 6.92 Å². The van der Waals surface area contributed by atoms with Crippen LogP contribution in [0.4, 0.5) is 5.69 Å². The first-order chi connectivity index (χ1) is 12.6. The van der Waals surface area contributed by atoms with E-state index < -0.39 is 5.78 Å². The number of nitrogens with zero attached hydrogens (tertiary/aromatic N) is 1. The number of carbonyl (C=O) groups is 1. The molecule has 2 aromatic carbocycles. The third kappa shape index (κ3) is 9.55. The molecule has 0 atom stereocenters. The number of Topliss-reactive ketones (excluding diaryl/α,β-unsaturated/α-hetero) is 1. The van der Waals surface area contributed by atoms with Gasteiger partial charge in [-0.3, -0.25) is 5.43 Å². The van der Waals surface area contributed by atoms with Crippen LogP contribution in [0.15, 0.2) is 53.6 Å². The summed E-state index contributed by atoms with van der Waals surface area (Å²) >= 11 is 0. The number of aliphatic hydroxyl groups excluding tert-OH is 1. The van der Waals surface area contributed by atoms with Crippen LogP contribution in [0.25, 0.3) is 0 Å². The summed E-state index contributed by atoms with van der Waals surface area (Å²) in [7, 11) is 1.63. The van der Waals surface area contributed by atoms with Gasteiger partial charge < -0.3 is 24.2 Å². The Morgan fingerprint density at radius 2 is 1.96 bits per heavy atom. The standard InChI is InChI=1S/C12H13N2O4.C7H7O.Mn/c1-9(17)11(8-16)14-13-10-4-2-3-5-12(10)18-7-6-15;1-8-7-5-3-2-4-6-7;/h2-5,13,15H,6-7H2,1H3;2-5H,1H3;/q2*-1;+2/b14-11+;;. The molecule has 7 nitrogen and oxygen atoms in total. The smallest absolute Gasteiger partial charge is 0.523 e. The number of ketones is 1. The Morgan fingerprint density at radius 3 is 2.48 bits per heavy atom. The number of nitrogens with one attached hydrogen (secondary N) is 1. The second-order valence-electron chi connectivity index (χ2n) is 4.73. The zero-order chi connectivity index (χ0) is 19.2. The van der Waals surface area contributed by atoms with Crippen molar-refractivity contribution < 1.29 is 41.2 Å². The predicted molar refractivity (Wildman–Crippen MR) is 98.3 cm³/mol. The van der Waals surface area contributed by atoms with Crippen molar-refractivity contribution in [1.29, 1.82) is 0 Å². The van der Waals surface area contributed by atoms with Gasteiger partial charge in [0.2, 0.25) is 0 Å². The molecule has 27 heavy (non-hydrogen) atoms. The Hall–Kier alpha value is -2.67. The monoisotopic (exact) mass is 411 g/mol. The third-order valence-corrected chi connectivity index (χ3v) is 2.85. The van der Waals surface area contributed by atoms with Gasteiger partial charge in [-0.2, -0.15) is 18.2 Å². The first-order valence-electron chi connectivity index (χ1n) is 7.68. The van der Waals surface area contributed by atoms with E-state index in [0.717, 1.165) is 5.75 Å². The number of para-hydroxylation sites is 3. The molecule has 0 aliphatic rings. The van der Waals surface area contributed by atoms with Crippen LogP contribution in [-0.4, -0.2) is 43.2 Å². The molecule has 2 rings (SSSR count). The SMILES string of the molecule is CC(=O)/C([C-]=O)=N/Nc1ccccc1OCCO.COc1[c-]cccc1.[Mn+2]. The molecule has 0 bridgehead atoms. The van der Waals surface area contributed by atoms with Gasteiger partial charge >= 0.3 is 17.1 Å². The van der Waals surface area contributed by atoms with Gasteiger partial charge in [-0.25, -0.2) is 5.10 Å². The minimum atomic E-state index is -0.480. The number of carbonyl (C=O) groups excluding carboxylic acids is 2. The summed E-state index contributed by atoms with van der Waals surface area (Å²) in [5.41, 5.74) is 2.71. The Kier molecular flexibility index (Phi) is 13.1. The number of anilines is 1. The molecule has 2 N–H and O–H groups in total. The molecule has 0 amide bonds. The Morgan fingerprint density at radius 1 is 1.26 bits per heavy atom. The van der Waals surface area contributed by atoms with E-state index in [-0.39, 0.29) is 36.0 Å². The summed E-state index contributed by atoms with van der Waals surface area (Å²) < 4.78 is 10.1. The molecular weight excluding hydrogens is 391 g/mol. The van der Waals surface area contributed by atoms with Crippen LogP contribution in [0.3, 0.4) is 0 Å². The van der Waals surface area contributed by atoms with E-state index in [1.165, 1.54) is 13.2 Å². The molecule has 2 aromatic rings. The third-order valence-electron chi connectivity index (χ3n) is 2.85.